The quantitative estimate of drug-likeness (QED) is 0.622. The summed E-state index contributed by atoms with van der Waals surface area (Å²) in [4.78, 5) is 39.6. The van der Waals surface area contributed by atoms with Gasteiger partial charge in [0.05, 0.1) is 25.7 Å². The summed E-state index contributed by atoms with van der Waals surface area (Å²) in [6.07, 6.45) is 4.89. The van der Waals surface area contributed by atoms with E-state index in [9.17, 15) is 19.5 Å². The normalized spacial score (nSPS) is 23.0. The third-order valence-corrected chi connectivity index (χ3v) is 5.35. The first-order valence-corrected chi connectivity index (χ1v) is 11.0. The zero-order valence-electron chi connectivity index (χ0n) is 18.9. The van der Waals surface area contributed by atoms with Crippen molar-refractivity contribution in [1.82, 2.24) is 5.16 Å². The van der Waals surface area contributed by atoms with Crippen LogP contribution in [0, 0.1) is 5.92 Å². The molecule has 11 heteroatoms. The fraction of sp³-hybridized carbons (Fsp3) is 0.591. The maximum absolute atomic E-state index is 11.7. The molecule has 2 unspecified atom stereocenters. The average molecular weight is 464 g/mol. The van der Waals surface area contributed by atoms with Crippen molar-refractivity contribution in [2.75, 3.05) is 19.8 Å². The Labute approximate surface area is 190 Å². The number of rotatable bonds is 6. The Morgan fingerprint density at radius 1 is 1.15 bits per heavy atom. The van der Waals surface area contributed by atoms with Crippen molar-refractivity contribution in [3.05, 3.63) is 28.9 Å². The number of nitrogens with zero attached hydrogens (tertiary/aromatic N) is 2. The van der Waals surface area contributed by atoms with Crippen molar-refractivity contribution >= 4 is 23.4 Å². The Balaban J connectivity index is 0.000000189. The molecule has 2 atom stereocenters. The molecule has 180 valence electrons. The maximum atomic E-state index is 11.7. The molecule has 0 bridgehead atoms. The van der Waals surface area contributed by atoms with E-state index in [4.69, 9.17) is 23.6 Å². The molecule has 0 saturated carbocycles. The Bertz CT molecular complexity index is 965. The predicted octanol–water partition coefficient (Wildman–Crippen LogP) is 2.33. The van der Waals surface area contributed by atoms with Gasteiger partial charge in [0, 0.05) is 12.0 Å². The van der Waals surface area contributed by atoms with Crippen LogP contribution in [0.5, 0.6) is 0 Å². The van der Waals surface area contributed by atoms with Gasteiger partial charge in [-0.2, -0.15) is 0 Å². The van der Waals surface area contributed by atoms with Crippen molar-refractivity contribution in [3.63, 3.8) is 0 Å². The molecular weight excluding hydrogens is 436 g/mol. The fourth-order valence-electron chi connectivity index (χ4n) is 3.87. The van der Waals surface area contributed by atoms with Crippen molar-refractivity contribution in [2.24, 2.45) is 11.1 Å². The van der Waals surface area contributed by atoms with Gasteiger partial charge in [-0.3, -0.25) is 4.79 Å². The number of esters is 2. The smallest absolute Gasteiger partial charge is 0.360 e. The largest absolute Gasteiger partial charge is 0.491 e. The highest BCUT2D eigenvalue weighted by atomic mass is 16.8. The second kappa shape index (κ2) is 10.6. The van der Waals surface area contributed by atoms with Crippen LogP contribution in [0.2, 0.25) is 0 Å². The van der Waals surface area contributed by atoms with Crippen LogP contribution in [-0.4, -0.2) is 59.3 Å². The molecular formula is C22H28N2O9. The van der Waals surface area contributed by atoms with Gasteiger partial charge in [-0.25, -0.2) is 9.59 Å². The van der Waals surface area contributed by atoms with E-state index in [0.29, 0.717) is 43.6 Å². The molecule has 2 aliphatic carbocycles. The molecule has 11 nitrogen and oxygen atoms in total. The molecule has 33 heavy (non-hydrogen) atoms. The van der Waals surface area contributed by atoms with Crippen LogP contribution >= 0.6 is 0 Å². The second-order valence-electron chi connectivity index (χ2n) is 7.45. The van der Waals surface area contributed by atoms with E-state index in [1.54, 1.807) is 19.9 Å². The van der Waals surface area contributed by atoms with E-state index in [0.717, 1.165) is 6.42 Å². The molecule has 0 spiro atoms. The summed E-state index contributed by atoms with van der Waals surface area (Å²) in [6.45, 7) is 6.21. The third kappa shape index (κ3) is 4.92. The molecule has 0 amide bonds. The van der Waals surface area contributed by atoms with Crippen molar-refractivity contribution in [2.45, 2.75) is 58.7 Å². The van der Waals surface area contributed by atoms with E-state index >= 15 is 0 Å². The Morgan fingerprint density at radius 3 is 2.58 bits per heavy atom. The van der Waals surface area contributed by atoms with Crippen LogP contribution in [0.4, 0.5) is 0 Å². The lowest BCUT2D eigenvalue weighted by Crippen LogP contribution is -2.45. The first-order valence-electron chi connectivity index (χ1n) is 11.0. The van der Waals surface area contributed by atoms with Crippen LogP contribution < -0.4 is 0 Å². The molecule has 1 aliphatic heterocycles. The number of ether oxygens (including phenoxy) is 3. The van der Waals surface area contributed by atoms with E-state index in [1.807, 2.05) is 6.92 Å². The van der Waals surface area contributed by atoms with Crippen molar-refractivity contribution in [1.29, 1.82) is 0 Å². The number of ketones is 1. The minimum absolute atomic E-state index is 0.0840. The first-order chi connectivity index (χ1) is 15.9. The number of fused-ring (bicyclic) bond motifs is 2. The number of aliphatic hydroxyl groups is 1. The van der Waals surface area contributed by atoms with Crippen LogP contribution in [0.3, 0.4) is 0 Å². The molecule has 0 fully saturated rings. The van der Waals surface area contributed by atoms with Crippen molar-refractivity contribution < 1.29 is 43.1 Å². The van der Waals surface area contributed by atoms with E-state index in [-0.39, 0.29) is 36.2 Å². The lowest BCUT2D eigenvalue weighted by Gasteiger charge is -2.32. The van der Waals surface area contributed by atoms with Crippen molar-refractivity contribution in [3.8, 4) is 0 Å². The summed E-state index contributed by atoms with van der Waals surface area (Å²) in [5, 5.41) is 17.7. The number of carbonyl (C=O) groups is 3. The lowest BCUT2D eigenvalue weighted by molar-refractivity contribution is -0.208. The molecule has 1 aromatic heterocycles. The number of Topliss-reactive ketones (excluding diaryl/α,β-unsaturated/α-hetero) is 1. The van der Waals surface area contributed by atoms with Gasteiger partial charge in [-0.05, 0) is 52.5 Å². The van der Waals surface area contributed by atoms with Gasteiger partial charge in [0.25, 0.3) is 0 Å². The maximum Gasteiger partial charge on any atom is 0.360 e. The van der Waals surface area contributed by atoms with Gasteiger partial charge < -0.3 is 28.7 Å². The number of aromatic nitrogens is 1. The molecule has 1 N–H and O–H groups in total. The summed E-state index contributed by atoms with van der Waals surface area (Å²) < 4.78 is 19.9. The summed E-state index contributed by atoms with van der Waals surface area (Å²) >= 11 is 0. The standard InChI is InChI=1S/C12H17NO5.C10H11NO4/c1-3-16-9-7-5-6-8-10(11(14)17-4-2)13-18-12(8,9)15;1-2-14-10(13)8-6-4-3-5-7(12)9(6)15-11-8/h7-8,15H,3-6H2,1-2H3;2-5H2,1H3. The third-order valence-electron chi connectivity index (χ3n) is 5.35. The second-order valence-corrected chi connectivity index (χ2v) is 7.45. The zero-order chi connectivity index (χ0) is 24.0. The van der Waals surface area contributed by atoms with Gasteiger partial charge in [0.2, 0.25) is 11.5 Å². The first kappa shape index (κ1) is 24.4. The number of carbonyl (C=O) groups excluding carboxylic acids is 3. The van der Waals surface area contributed by atoms with Gasteiger partial charge in [0.15, 0.2) is 17.2 Å². The molecule has 3 aliphatic rings. The number of allylic oxidation sites excluding steroid dienone is 1. The highest BCUT2D eigenvalue weighted by Gasteiger charge is 2.55. The monoisotopic (exact) mass is 464 g/mol. The van der Waals surface area contributed by atoms with Crippen LogP contribution in [-0.2, 0) is 30.3 Å². The number of oxime groups is 1. The zero-order valence-corrected chi connectivity index (χ0v) is 18.9. The lowest BCUT2D eigenvalue weighted by atomic mass is 9.84. The molecule has 0 radical (unpaired) electrons. The van der Waals surface area contributed by atoms with Gasteiger partial charge in [-0.15, -0.1) is 0 Å². The molecule has 4 rings (SSSR count). The highest BCUT2D eigenvalue weighted by Crippen LogP contribution is 2.41. The SMILES string of the molecule is CCOC(=O)C1=NOC2(O)C(OCC)=CCCC12.CCOC(=O)c1noc2c1CCCC2=O. The minimum Gasteiger partial charge on any atom is -0.491 e. The molecule has 0 saturated heterocycles. The number of hydrogen-bond acceptors (Lipinski definition) is 11. The minimum atomic E-state index is -1.66. The van der Waals surface area contributed by atoms with Gasteiger partial charge >= 0.3 is 17.7 Å². The molecule has 1 aromatic rings. The van der Waals surface area contributed by atoms with E-state index in [2.05, 4.69) is 10.3 Å². The summed E-state index contributed by atoms with van der Waals surface area (Å²) in [6, 6.07) is 0. The Morgan fingerprint density at radius 2 is 1.88 bits per heavy atom. The van der Waals surface area contributed by atoms with E-state index in [1.165, 1.54) is 0 Å². The summed E-state index contributed by atoms with van der Waals surface area (Å²) in [7, 11) is 0. The van der Waals surface area contributed by atoms with E-state index < -0.39 is 23.6 Å². The topological polar surface area (TPSA) is 147 Å². The Hall–Kier alpha value is -3.21. The van der Waals surface area contributed by atoms with Crippen LogP contribution in [0.25, 0.3) is 0 Å². The van der Waals surface area contributed by atoms with Gasteiger partial charge in [-0.1, -0.05) is 10.3 Å². The van der Waals surface area contributed by atoms with Crippen LogP contribution in [0.1, 0.15) is 73.1 Å². The predicted molar refractivity (Wildman–Crippen MR) is 112 cm³/mol. The van der Waals surface area contributed by atoms with Crippen LogP contribution in [0.15, 0.2) is 21.5 Å². The highest BCUT2D eigenvalue weighted by molar-refractivity contribution is 6.37. The number of hydrogen-bond donors (Lipinski definition) is 1. The molecule has 2 heterocycles. The summed E-state index contributed by atoms with van der Waals surface area (Å²) in [5.41, 5.74) is 0.884. The summed E-state index contributed by atoms with van der Waals surface area (Å²) in [5.74, 6) is -2.78. The van der Waals surface area contributed by atoms with Gasteiger partial charge in [0.1, 0.15) is 0 Å². The average Bonchev–Trinajstić information content (AvgIpc) is 3.38. The molecule has 0 aromatic carbocycles. The fourth-order valence-corrected chi connectivity index (χ4v) is 3.87. The Kier molecular flexibility index (Phi) is 7.85.